The third-order valence-electron chi connectivity index (χ3n) is 3.66. The number of hydrogen-bond acceptors (Lipinski definition) is 2. The molecule has 18 heavy (non-hydrogen) atoms. The molecule has 2 atom stereocenters. The van der Waals surface area contributed by atoms with Crippen molar-refractivity contribution in [2.75, 3.05) is 5.73 Å². The minimum Gasteiger partial charge on any atom is -0.488 e. The second-order valence-electron chi connectivity index (χ2n) is 4.98. The summed E-state index contributed by atoms with van der Waals surface area (Å²) in [6.07, 6.45) is 5.31. The quantitative estimate of drug-likeness (QED) is 0.831. The molecule has 1 aliphatic rings. The predicted octanol–water partition coefficient (Wildman–Crippen LogP) is 3.89. The molecule has 1 aromatic carbocycles. The predicted molar refractivity (Wildman–Crippen MR) is 67.4 cm³/mol. The van der Waals surface area contributed by atoms with Crippen molar-refractivity contribution in [3.63, 3.8) is 0 Å². The SMILES string of the molecule is CCC1CCCC(Oc2cc(F)cc(F)c2N)C1. The zero-order chi connectivity index (χ0) is 13.1. The summed E-state index contributed by atoms with van der Waals surface area (Å²) in [5, 5.41) is 0. The Bertz CT molecular complexity index is 423. The lowest BCUT2D eigenvalue weighted by atomic mass is 9.85. The van der Waals surface area contributed by atoms with Crippen LogP contribution in [0, 0.1) is 17.6 Å². The topological polar surface area (TPSA) is 35.2 Å². The summed E-state index contributed by atoms with van der Waals surface area (Å²) in [6, 6.07) is 1.94. The number of ether oxygens (including phenoxy) is 1. The normalized spacial score (nSPS) is 23.9. The lowest BCUT2D eigenvalue weighted by Gasteiger charge is -2.29. The van der Waals surface area contributed by atoms with E-state index < -0.39 is 11.6 Å². The molecule has 1 fully saturated rings. The zero-order valence-corrected chi connectivity index (χ0v) is 10.6. The fourth-order valence-electron chi connectivity index (χ4n) is 2.56. The van der Waals surface area contributed by atoms with Crippen LogP contribution >= 0.6 is 0 Å². The van der Waals surface area contributed by atoms with Gasteiger partial charge in [-0.05, 0) is 25.2 Å². The highest BCUT2D eigenvalue weighted by molar-refractivity contribution is 5.53. The molecule has 0 spiro atoms. The van der Waals surface area contributed by atoms with E-state index >= 15 is 0 Å². The molecule has 1 aromatic rings. The number of benzene rings is 1. The molecule has 2 nitrogen and oxygen atoms in total. The Hall–Kier alpha value is -1.32. The van der Waals surface area contributed by atoms with Gasteiger partial charge in [0.15, 0.2) is 5.82 Å². The van der Waals surface area contributed by atoms with Crippen LogP contribution in [0.15, 0.2) is 12.1 Å². The van der Waals surface area contributed by atoms with Crippen molar-refractivity contribution in [2.45, 2.75) is 45.1 Å². The van der Waals surface area contributed by atoms with Gasteiger partial charge in [0.25, 0.3) is 0 Å². The third-order valence-corrected chi connectivity index (χ3v) is 3.66. The Balaban J connectivity index is 2.09. The van der Waals surface area contributed by atoms with Crippen molar-refractivity contribution in [3.05, 3.63) is 23.8 Å². The van der Waals surface area contributed by atoms with Crippen molar-refractivity contribution in [3.8, 4) is 5.75 Å². The Labute approximate surface area is 106 Å². The number of halogens is 2. The van der Waals surface area contributed by atoms with Crippen molar-refractivity contribution in [1.29, 1.82) is 0 Å². The number of nitrogens with two attached hydrogens (primary N) is 1. The first-order valence-electron chi connectivity index (χ1n) is 6.51. The summed E-state index contributed by atoms with van der Waals surface area (Å²) >= 11 is 0. The zero-order valence-electron chi connectivity index (χ0n) is 10.6. The minimum atomic E-state index is -0.757. The first-order chi connectivity index (χ1) is 8.60. The van der Waals surface area contributed by atoms with Crippen LogP contribution in [-0.2, 0) is 0 Å². The van der Waals surface area contributed by atoms with E-state index in [0.717, 1.165) is 37.8 Å². The second kappa shape index (κ2) is 5.55. The van der Waals surface area contributed by atoms with E-state index in [2.05, 4.69) is 6.92 Å². The molecular formula is C14H19F2NO. The van der Waals surface area contributed by atoms with Gasteiger partial charge in [-0.3, -0.25) is 0 Å². The Kier molecular flexibility index (Phi) is 4.04. The van der Waals surface area contributed by atoms with Crippen LogP contribution in [0.3, 0.4) is 0 Å². The van der Waals surface area contributed by atoms with Gasteiger partial charge < -0.3 is 10.5 Å². The third kappa shape index (κ3) is 2.92. The van der Waals surface area contributed by atoms with Gasteiger partial charge in [0, 0.05) is 12.1 Å². The highest BCUT2D eigenvalue weighted by Gasteiger charge is 2.23. The minimum absolute atomic E-state index is 0.0206. The number of nitrogen functional groups attached to an aromatic ring is 1. The molecule has 0 amide bonds. The molecule has 0 saturated heterocycles. The molecule has 2 rings (SSSR count). The van der Waals surface area contributed by atoms with E-state index in [1.807, 2.05) is 0 Å². The summed E-state index contributed by atoms with van der Waals surface area (Å²) in [5.74, 6) is -0.634. The summed E-state index contributed by atoms with van der Waals surface area (Å²) in [6.45, 7) is 2.16. The first-order valence-corrected chi connectivity index (χ1v) is 6.51. The molecule has 0 aromatic heterocycles. The van der Waals surface area contributed by atoms with Crippen molar-refractivity contribution in [2.24, 2.45) is 5.92 Å². The van der Waals surface area contributed by atoms with Crippen LogP contribution in [0.5, 0.6) is 5.75 Å². The van der Waals surface area contributed by atoms with Crippen LogP contribution in [-0.4, -0.2) is 6.10 Å². The maximum atomic E-state index is 13.3. The molecule has 100 valence electrons. The molecule has 1 saturated carbocycles. The van der Waals surface area contributed by atoms with Crippen molar-refractivity contribution >= 4 is 5.69 Å². The highest BCUT2D eigenvalue weighted by atomic mass is 19.1. The average molecular weight is 255 g/mol. The monoisotopic (exact) mass is 255 g/mol. The largest absolute Gasteiger partial charge is 0.488 e. The first kappa shape index (κ1) is 13.1. The van der Waals surface area contributed by atoms with E-state index in [1.165, 1.54) is 6.42 Å². The van der Waals surface area contributed by atoms with Crippen LogP contribution in [0.1, 0.15) is 39.0 Å². The molecule has 4 heteroatoms. The van der Waals surface area contributed by atoms with E-state index in [-0.39, 0.29) is 17.5 Å². The fourth-order valence-corrected chi connectivity index (χ4v) is 2.56. The maximum Gasteiger partial charge on any atom is 0.152 e. The number of rotatable bonds is 3. The van der Waals surface area contributed by atoms with Crippen LogP contribution in [0.4, 0.5) is 14.5 Å². The molecule has 0 aliphatic heterocycles. The second-order valence-corrected chi connectivity index (χ2v) is 4.98. The number of anilines is 1. The molecule has 0 bridgehead atoms. The van der Waals surface area contributed by atoms with Gasteiger partial charge in [-0.25, -0.2) is 8.78 Å². The van der Waals surface area contributed by atoms with Gasteiger partial charge in [0.2, 0.25) is 0 Å². The average Bonchev–Trinajstić information content (AvgIpc) is 2.35. The van der Waals surface area contributed by atoms with E-state index in [1.54, 1.807) is 0 Å². The smallest absolute Gasteiger partial charge is 0.152 e. The van der Waals surface area contributed by atoms with Gasteiger partial charge in [0.05, 0.1) is 6.10 Å². The maximum absolute atomic E-state index is 13.3. The van der Waals surface area contributed by atoms with Crippen LogP contribution in [0.2, 0.25) is 0 Å². The van der Waals surface area contributed by atoms with E-state index in [0.29, 0.717) is 5.92 Å². The summed E-state index contributed by atoms with van der Waals surface area (Å²) in [7, 11) is 0. The van der Waals surface area contributed by atoms with Gasteiger partial charge in [-0.1, -0.05) is 19.8 Å². The van der Waals surface area contributed by atoms with E-state index in [9.17, 15) is 8.78 Å². The summed E-state index contributed by atoms with van der Waals surface area (Å²) < 4.78 is 32.1. The van der Waals surface area contributed by atoms with Gasteiger partial charge in [-0.2, -0.15) is 0 Å². The lowest BCUT2D eigenvalue weighted by molar-refractivity contribution is 0.122. The van der Waals surface area contributed by atoms with Crippen molar-refractivity contribution < 1.29 is 13.5 Å². The molecule has 2 unspecified atom stereocenters. The van der Waals surface area contributed by atoms with Gasteiger partial charge in [-0.15, -0.1) is 0 Å². The van der Waals surface area contributed by atoms with Crippen LogP contribution in [0.25, 0.3) is 0 Å². The summed E-state index contributed by atoms with van der Waals surface area (Å²) in [4.78, 5) is 0. The molecule has 0 heterocycles. The highest BCUT2D eigenvalue weighted by Crippen LogP contribution is 2.33. The van der Waals surface area contributed by atoms with E-state index in [4.69, 9.17) is 10.5 Å². The molecule has 2 N–H and O–H groups in total. The number of hydrogen-bond donors (Lipinski definition) is 1. The fraction of sp³-hybridized carbons (Fsp3) is 0.571. The van der Waals surface area contributed by atoms with Crippen LogP contribution < -0.4 is 10.5 Å². The Morgan fingerprint density at radius 1 is 1.33 bits per heavy atom. The Morgan fingerprint density at radius 3 is 2.83 bits per heavy atom. The lowest BCUT2D eigenvalue weighted by Crippen LogP contribution is -2.25. The Morgan fingerprint density at radius 2 is 2.11 bits per heavy atom. The van der Waals surface area contributed by atoms with Gasteiger partial charge in [0.1, 0.15) is 17.3 Å². The standard InChI is InChI=1S/C14H19F2NO/c1-2-9-4-3-5-11(6-9)18-13-8-10(15)7-12(16)14(13)17/h7-9,11H,2-6,17H2,1H3. The molecule has 1 aliphatic carbocycles. The van der Waals surface area contributed by atoms with Gasteiger partial charge >= 0.3 is 0 Å². The summed E-state index contributed by atoms with van der Waals surface area (Å²) in [5.41, 5.74) is 5.47. The van der Waals surface area contributed by atoms with Crippen molar-refractivity contribution in [1.82, 2.24) is 0 Å². The molecule has 0 radical (unpaired) electrons. The molecular weight excluding hydrogens is 236 g/mol.